The number of Topliss-reactive ketones (excluding diaryl/α,β-unsaturated/α-hetero) is 2. The second kappa shape index (κ2) is 6.96. The van der Waals surface area contributed by atoms with Gasteiger partial charge in [-0.15, -0.1) is 0 Å². The average molecular weight is 324 g/mol. The van der Waals surface area contributed by atoms with E-state index in [0.29, 0.717) is 11.9 Å². The van der Waals surface area contributed by atoms with Crippen LogP contribution in [0.4, 0.5) is 0 Å². The third-order valence-electron chi connectivity index (χ3n) is 3.64. The summed E-state index contributed by atoms with van der Waals surface area (Å²) in [6, 6.07) is 9.38. The minimum absolute atomic E-state index is 0.158. The van der Waals surface area contributed by atoms with E-state index in [2.05, 4.69) is 20.8 Å². The smallest absolute Gasteiger partial charge is 0.176 e. The number of rotatable bonds is 5. The first-order chi connectivity index (χ1) is 9.20. The van der Waals surface area contributed by atoms with Gasteiger partial charge in [0.15, 0.2) is 5.78 Å². The maximum Gasteiger partial charge on any atom is 0.176 e. The monoisotopic (exact) mass is 323 g/mol. The number of alkyl halides is 1. The van der Waals surface area contributed by atoms with Crippen LogP contribution in [0.15, 0.2) is 30.3 Å². The number of hydrogen-bond donors (Lipinski definition) is 0. The van der Waals surface area contributed by atoms with Gasteiger partial charge in [-0.05, 0) is 25.9 Å². The molecule has 0 spiro atoms. The topological polar surface area (TPSA) is 37.4 Å². The highest BCUT2D eigenvalue weighted by Gasteiger charge is 2.25. The lowest BCUT2D eigenvalue weighted by atomic mass is 9.93. The molecule has 0 bridgehead atoms. The molecule has 1 aromatic carbocycles. The average Bonchev–Trinajstić information content (AvgIpc) is 2.48. The van der Waals surface area contributed by atoms with Crippen LogP contribution in [-0.4, -0.2) is 41.4 Å². The van der Waals surface area contributed by atoms with Gasteiger partial charge >= 0.3 is 0 Å². The van der Waals surface area contributed by atoms with Crippen molar-refractivity contribution in [1.82, 2.24) is 4.90 Å². The first kappa shape index (κ1) is 14.4. The second-order valence-corrected chi connectivity index (χ2v) is 5.50. The van der Waals surface area contributed by atoms with Gasteiger partial charge in [0.2, 0.25) is 0 Å². The van der Waals surface area contributed by atoms with E-state index in [9.17, 15) is 9.59 Å². The number of benzene rings is 1. The first-order valence-electron chi connectivity index (χ1n) is 6.60. The maximum absolute atomic E-state index is 12.1. The minimum Gasteiger partial charge on any atom is -0.298 e. The molecule has 0 aromatic heterocycles. The first-order valence-corrected chi connectivity index (χ1v) is 7.72. The molecule has 0 saturated carbocycles. The Balaban J connectivity index is 1.83. The molecule has 0 unspecified atom stereocenters. The normalized spacial score (nSPS) is 17.3. The van der Waals surface area contributed by atoms with E-state index >= 15 is 0 Å². The second-order valence-electron chi connectivity index (χ2n) is 4.94. The quantitative estimate of drug-likeness (QED) is 0.617. The summed E-state index contributed by atoms with van der Waals surface area (Å²) in [5.41, 5.74) is 0.765. The van der Waals surface area contributed by atoms with Crippen LogP contribution < -0.4 is 0 Å². The number of carbonyl (C=O) groups is 2. The largest absolute Gasteiger partial charge is 0.298 e. The number of likely N-dealkylation sites (tertiary alicyclic amines) is 1. The Labute approximate surface area is 122 Å². The molecule has 19 heavy (non-hydrogen) atoms. The van der Waals surface area contributed by atoms with Gasteiger partial charge in [0.05, 0.1) is 11.9 Å². The number of halogens is 1. The predicted octanol–water partition coefficient (Wildman–Crippen LogP) is 2.55. The van der Waals surface area contributed by atoms with Crippen molar-refractivity contribution in [3.63, 3.8) is 0 Å². The molecule has 3 nitrogen and oxygen atoms in total. The Bertz CT molecular complexity index is 439. The fourth-order valence-electron chi connectivity index (χ4n) is 2.44. The van der Waals surface area contributed by atoms with Gasteiger partial charge in [-0.1, -0.05) is 46.3 Å². The van der Waals surface area contributed by atoms with Gasteiger partial charge in [-0.25, -0.2) is 0 Å². The Hall–Kier alpha value is -1.00. The van der Waals surface area contributed by atoms with Crippen LogP contribution in [0, 0.1) is 5.92 Å². The van der Waals surface area contributed by atoms with Crippen LogP contribution >= 0.6 is 15.9 Å². The summed E-state index contributed by atoms with van der Waals surface area (Å²) in [6.07, 6.45) is 1.74. The van der Waals surface area contributed by atoms with Crippen molar-refractivity contribution in [2.24, 2.45) is 5.92 Å². The summed E-state index contributed by atoms with van der Waals surface area (Å²) in [6.45, 7) is 2.13. The third kappa shape index (κ3) is 3.98. The van der Waals surface area contributed by atoms with Crippen LogP contribution in [0.2, 0.25) is 0 Å². The number of hydrogen-bond acceptors (Lipinski definition) is 3. The van der Waals surface area contributed by atoms with Crippen LogP contribution in [-0.2, 0) is 4.79 Å². The minimum atomic E-state index is 0.158. The molecule has 1 saturated heterocycles. The third-order valence-corrected chi connectivity index (χ3v) is 4.19. The fraction of sp³-hybridized carbons (Fsp3) is 0.467. The van der Waals surface area contributed by atoms with E-state index < -0.39 is 0 Å². The Morgan fingerprint density at radius 3 is 2.37 bits per heavy atom. The van der Waals surface area contributed by atoms with E-state index in [1.54, 1.807) is 0 Å². The van der Waals surface area contributed by atoms with Crippen molar-refractivity contribution >= 4 is 27.5 Å². The highest BCUT2D eigenvalue weighted by molar-refractivity contribution is 9.09. The molecule has 1 fully saturated rings. The molecule has 1 aliphatic rings. The van der Waals surface area contributed by atoms with Gasteiger partial charge in [0, 0.05) is 11.5 Å². The zero-order chi connectivity index (χ0) is 13.7. The zero-order valence-electron chi connectivity index (χ0n) is 10.8. The van der Waals surface area contributed by atoms with E-state index in [1.165, 1.54) is 0 Å². The predicted molar refractivity (Wildman–Crippen MR) is 78.7 cm³/mol. The van der Waals surface area contributed by atoms with E-state index in [-0.39, 0.29) is 17.5 Å². The van der Waals surface area contributed by atoms with Gasteiger partial charge in [0.25, 0.3) is 0 Å². The molecular formula is C15H18BrNO2. The van der Waals surface area contributed by atoms with Gasteiger partial charge in [0.1, 0.15) is 5.78 Å². The van der Waals surface area contributed by atoms with Crippen LogP contribution in [0.5, 0.6) is 0 Å². The number of ketones is 2. The van der Waals surface area contributed by atoms with Gasteiger partial charge < -0.3 is 0 Å². The molecule has 4 heteroatoms. The zero-order valence-corrected chi connectivity index (χ0v) is 12.4. The summed E-state index contributed by atoms with van der Waals surface area (Å²) < 4.78 is 0. The molecule has 0 N–H and O–H groups in total. The molecule has 0 atom stereocenters. The van der Waals surface area contributed by atoms with Crippen LogP contribution in [0.25, 0.3) is 0 Å². The molecule has 1 aromatic rings. The Morgan fingerprint density at radius 2 is 1.79 bits per heavy atom. The van der Waals surface area contributed by atoms with Crippen molar-refractivity contribution in [1.29, 1.82) is 0 Å². The molecular weight excluding hydrogens is 306 g/mol. The van der Waals surface area contributed by atoms with Crippen molar-refractivity contribution in [3.8, 4) is 0 Å². The summed E-state index contributed by atoms with van der Waals surface area (Å²) in [5, 5.41) is 0.445. The molecule has 0 aliphatic carbocycles. The molecule has 0 amide bonds. The van der Waals surface area contributed by atoms with Crippen LogP contribution in [0.3, 0.4) is 0 Å². The molecule has 1 heterocycles. The SMILES string of the molecule is O=C(CN1CCC(C(=O)CBr)CC1)c1ccccc1. The lowest BCUT2D eigenvalue weighted by Crippen LogP contribution is -2.39. The summed E-state index contributed by atoms with van der Waals surface area (Å²) in [7, 11) is 0. The van der Waals surface area contributed by atoms with E-state index in [4.69, 9.17) is 0 Å². The van der Waals surface area contributed by atoms with E-state index in [0.717, 1.165) is 31.5 Å². The van der Waals surface area contributed by atoms with Gasteiger partial charge in [-0.3, -0.25) is 14.5 Å². The fourth-order valence-corrected chi connectivity index (χ4v) is 2.90. The molecule has 0 radical (unpaired) electrons. The number of carbonyl (C=O) groups excluding carboxylic acids is 2. The Kier molecular flexibility index (Phi) is 5.28. The molecule has 102 valence electrons. The lowest BCUT2D eigenvalue weighted by molar-refractivity contribution is -0.121. The maximum atomic E-state index is 12.1. The van der Waals surface area contributed by atoms with Crippen molar-refractivity contribution in [2.45, 2.75) is 12.8 Å². The van der Waals surface area contributed by atoms with Crippen molar-refractivity contribution in [3.05, 3.63) is 35.9 Å². The van der Waals surface area contributed by atoms with Crippen molar-refractivity contribution < 1.29 is 9.59 Å². The highest BCUT2D eigenvalue weighted by Crippen LogP contribution is 2.19. The van der Waals surface area contributed by atoms with Crippen molar-refractivity contribution in [2.75, 3.05) is 25.0 Å². The standard InChI is InChI=1S/C15H18BrNO2/c16-10-14(18)13-6-8-17(9-7-13)11-15(19)12-4-2-1-3-5-12/h1-5,13H,6-11H2. The van der Waals surface area contributed by atoms with Gasteiger partial charge in [-0.2, -0.15) is 0 Å². The summed E-state index contributed by atoms with van der Waals surface area (Å²) >= 11 is 3.22. The van der Waals surface area contributed by atoms with E-state index in [1.807, 2.05) is 30.3 Å². The molecule has 1 aliphatic heterocycles. The molecule has 2 rings (SSSR count). The summed E-state index contributed by atoms with van der Waals surface area (Å²) in [5.74, 6) is 0.613. The highest BCUT2D eigenvalue weighted by atomic mass is 79.9. The number of piperidine rings is 1. The number of nitrogens with zero attached hydrogens (tertiary/aromatic N) is 1. The van der Waals surface area contributed by atoms with Crippen LogP contribution in [0.1, 0.15) is 23.2 Å². The lowest BCUT2D eigenvalue weighted by Gasteiger charge is -2.30. The summed E-state index contributed by atoms with van der Waals surface area (Å²) in [4.78, 5) is 25.8. The Morgan fingerprint density at radius 1 is 1.16 bits per heavy atom.